The maximum absolute atomic E-state index is 9.27. The van der Waals surface area contributed by atoms with Gasteiger partial charge in [-0.1, -0.05) is 24.3 Å². The number of nitrogens with zero attached hydrogens (tertiary/aromatic N) is 3. The van der Waals surface area contributed by atoms with Crippen LogP contribution in [0.15, 0.2) is 59.8 Å². The quantitative estimate of drug-likeness (QED) is 0.823. The van der Waals surface area contributed by atoms with Gasteiger partial charge in [0.05, 0.1) is 0 Å². The van der Waals surface area contributed by atoms with E-state index in [0.717, 1.165) is 24.0 Å². The number of anilines is 1. The number of aromatic hydroxyl groups is 1. The van der Waals surface area contributed by atoms with Gasteiger partial charge in [0.15, 0.2) is 5.57 Å². The van der Waals surface area contributed by atoms with Crippen molar-refractivity contribution in [3.8, 4) is 24.0 Å². The van der Waals surface area contributed by atoms with Crippen LogP contribution in [-0.4, -0.2) is 5.11 Å². The molecule has 0 aliphatic rings. The molecular formula is C19H14N4O. The number of aryl methyl sites for hydroxylation is 2. The van der Waals surface area contributed by atoms with E-state index in [2.05, 4.69) is 5.32 Å². The highest BCUT2D eigenvalue weighted by Crippen LogP contribution is 2.16. The minimum Gasteiger partial charge on any atom is -0.508 e. The number of hydrogen-bond acceptors (Lipinski definition) is 5. The second kappa shape index (κ2) is 8.03. The van der Waals surface area contributed by atoms with E-state index in [0.29, 0.717) is 5.69 Å². The summed E-state index contributed by atoms with van der Waals surface area (Å²) in [7, 11) is 0. The van der Waals surface area contributed by atoms with Gasteiger partial charge in [0, 0.05) is 5.69 Å². The SMILES string of the molecule is N#CC(C#N)=C(C#N)Nc1ccc(CCc2ccc(O)cc2)cc1. The number of benzene rings is 2. The van der Waals surface area contributed by atoms with Gasteiger partial charge in [-0.2, -0.15) is 15.8 Å². The van der Waals surface area contributed by atoms with E-state index in [-0.39, 0.29) is 17.0 Å². The summed E-state index contributed by atoms with van der Waals surface area (Å²) in [5.74, 6) is 0.254. The highest BCUT2D eigenvalue weighted by Gasteiger charge is 2.06. The second-order valence-corrected chi connectivity index (χ2v) is 5.07. The Morgan fingerprint density at radius 3 is 1.75 bits per heavy atom. The molecule has 2 N–H and O–H groups in total. The zero-order valence-corrected chi connectivity index (χ0v) is 12.8. The second-order valence-electron chi connectivity index (χ2n) is 5.07. The number of phenolic OH excluding ortho intramolecular Hbond substituents is 1. The van der Waals surface area contributed by atoms with Crippen molar-refractivity contribution in [1.82, 2.24) is 0 Å². The van der Waals surface area contributed by atoms with Crippen molar-refractivity contribution in [3.05, 3.63) is 70.9 Å². The van der Waals surface area contributed by atoms with E-state index in [4.69, 9.17) is 15.8 Å². The lowest BCUT2D eigenvalue weighted by molar-refractivity contribution is 0.475. The zero-order valence-electron chi connectivity index (χ0n) is 12.8. The van der Waals surface area contributed by atoms with Crippen molar-refractivity contribution in [2.75, 3.05) is 5.32 Å². The van der Waals surface area contributed by atoms with Crippen LogP contribution in [0.25, 0.3) is 0 Å². The zero-order chi connectivity index (χ0) is 17.4. The summed E-state index contributed by atoms with van der Waals surface area (Å²) in [5, 5.41) is 38.7. The van der Waals surface area contributed by atoms with Crippen molar-refractivity contribution in [2.24, 2.45) is 0 Å². The number of nitrogens with one attached hydrogen (secondary N) is 1. The largest absolute Gasteiger partial charge is 0.508 e. The number of nitriles is 3. The van der Waals surface area contributed by atoms with Gasteiger partial charge in [0.25, 0.3) is 0 Å². The smallest absolute Gasteiger partial charge is 0.163 e. The summed E-state index contributed by atoms with van der Waals surface area (Å²) in [5.41, 5.74) is 2.60. The number of phenols is 1. The fourth-order valence-corrected chi connectivity index (χ4v) is 2.13. The normalized spacial score (nSPS) is 9.21. The molecule has 0 bridgehead atoms. The van der Waals surface area contributed by atoms with Crippen LogP contribution in [0.1, 0.15) is 11.1 Å². The molecule has 0 atom stereocenters. The van der Waals surface area contributed by atoms with E-state index in [1.165, 1.54) is 0 Å². The fourth-order valence-electron chi connectivity index (χ4n) is 2.13. The van der Waals surface area contributed by atoms with E-state index >= 15 is 0 Å². The summed E-state index contributed by atoms with van der Waals surface area (Å²) in [4.78, 5) is 0. The Bertz CT molecular complexity index is 844. The molecule has 0 spiro atoms. The first-order chi connectivity index (χ1) is 11.7. The monoisotopic (exact) mass is 314 g/mol. The predicted molar refractivity (Wildman–Crippen MR) is 89.4 cm³/mol. The minimum atomic E-state index is -0.242. The summed E-state index contributed by atoms with van der Waals surface area (Å²) >= 11 is 0. The van der Waals surface area contributed by atoms with Crippen LogP contribution in [0.2, 0.25) is 0 Å². The molecule has 0 saturated carbocycles. The predicted octanol–water partition coefficient (Wildman–Crippen LogP) is 3.41. The standard InChI is InChI=1S/C19H14N4O/c20-11-16(12-21)19(13-22)23-17-7-3-14(4-8-17)1-2-15-5-9-18(24)10-6-15/h3-10,23-24H,1-2H2. The molecule has 0 aromatic heterocycles. The molecule has 2 rings (SSSR count). The van der Waals surface area contributed by atoms with Crippen LogP contribution >= 0.6 is 0 Å². The lowest BCUT2D eigenvalue weighted by Crippen LogP contribution is -2.00. The number of hydrogen-bond donors (Lipinski definition) is 2. The third-order valence-corrected chi connectivity index (χ3v) is 3.45. The van der Waals surface area contributed by atoms with Crippen LogP contribution < -0.4 is 5.32 Å². The van der Waals surface area contributed by atoms with Crippen molar-refractivity contribution in [1.29, 1.82) is 15.8 Å². The highest BCUT2D eigenvalue weighted by molar-refractivity contribution is 5.58. The van der Waals surface area contributed by atoms with Gasteiger partial charge < -0.3 is 10.4 Å². The summed E-state index contributed by atoms with van der Waals surface area (Å²) in [6.07, 6.45) is 1.69. The number of rotatable bonds is 5. The average Bonchev–Trinajstić information content (AvgIpc) is 2.62. The van der Waals surface area contributed by atoms with E-state index < -0.39 is 0 Å². The Kier molecular flexibility index (Phi) is 5.56. The van der Waals surface area contributed by atoms with E-state index in [9.17, 15) is 5.11 Å². The Hall–Kier alpha value is -3.75. The molecule has 0 unspecified atom stereocenters. The van der Waals surface area contributed by atoms with Crippen LogP contribution in [0.5, 0.6) is 5.75 Å². The van der Waals surface area contributed by atoms with Gasteiger partial charge in [0.2, 0.25) is 0 Å². The molecule has 0 amide bonds. The Labute approximate surface area is 140 Å². The topological polar surface area (TPSA) is 104 Å². The van der Waals surface area contributed by atoms with Crippen molar-refractivity contribution < 1.29 is 5.11 Å². The van der Waals surface area contributed by atoms with E-state index in [1.807, 2.05) is 30.3 Å². The van der Waals surface area contributed by atoms with Gasteiger partial charge in [0.1, 0.15) is 29.7 Å². The number of allylic oxidation sites excluding steroid dienone is 2. The van der Waals surface area contributed by atoms with E-state index in [1.54, 1.807) is 36.4 Å². The molecule has 0 saturated heterocycles. The summed E-state index contributed by atoms with van der Waals surface area (Å²) in [6.45, 7) is 0. The van der Waals surface area contributed by atoms with Crippen molar-refractivity contribution >= 4 is 5.69 Å². The first-order valence-corrected chi connectivity index (χ1v) is 7.24. The Balaban J connectivity index is 2.02. The molecule has 24 heavy (non-hydrogen) atoms. The maximum atomic E-state index is 9.27. The molecule has 5 nitrogen and oxygen atoms in total. The third kappa shape index (κ3) is 4.37. The molecule has 0 fully saturated rings. The van der Waals surface area contributed by atoms with Crippen LogP contribution in [0.3, 0.4) is 0 Å². The molecular weight excluding hydrogens is 300 g/mol. The molecule has 2 aromatic rings. The maximum Gasteiger partial charge on any atom is 0.163 e. The first kappa shape index (κ1) is 16.6. The van der Waals surface area contributed by atoms with Gasteiger partial charge in [-0.15, -0.1) is 0 Å². The van der Waals surface area contributed by atoms with Gasteiger partial charge in [-0.3, -0.25) is 0 Å². The average molecular weight is 314 g/mol. The molecule has 2 aromatic carbocycles. The van der Waals surface area contributed by atoms with Crippen LogP contribution in [-0.2, 0) is 12.8 Å². The molecule has 5 heteroatoms. The summed E-state index contributed by atoms with van der Waals surface area (Å²) in [6, 6.07) is 19.8. The van der Waals surface area contributed by atoms with Gasteiger partial charge >= 0.3 is 0 Å². The van der Waals surface area contributed by atoms with Crippen molar-refractivity contribution in [2.45, 2.75) is 12.8 Å². The summed E-state index contributed by atoms with van der Waals surface area (Å²) < 4.78 is 0. The molecule has 0 aliphatic carbocycles. The molecule has 0 aliphatic heterocycles. The first-order valence-electron chi connectivity index (χ1n) is 7.24. The lowest BCUT2D eigenvalue weighted by atomic mass is 10.0. The molecule has 0 heterocycles. The van der Waals surface area contributed by atoms with Crippen molar-refractivity contribution in [3.63, 3.8) is 0 Å². The lowest BCUT2D eigenvalue weighted by Gasteiger charge is -2.07. The van der Waals surface area contributed by atoms with Gasteiger partial charge in [-0.05, 0) is 48.2 Å². The third-order valence-electron chi connectivity index (χ3n) is 3.45. The molecule has 0 radical (unpaired) electrons. The minimum absolute atomic E-state index is 0.0585. The fraction of sp³-hybridized carbons (Fsp3) is 0.105. The van der Waals surface area contributed by atoms with Crippen LogP contribution in [0, 0.1) is 34.0 Å². The Morgan fingerprint density at radius 1 is 0.792 bits per heavy atom. The van der Waals surface area contributed by atoms with Gasteiger partial charge in [-0.25, -0.2) is 0 Å². The molecule has 116 valence electrons. The highest BCUT2D eigenvalue weighted by atomic mass is 16.3. The van der Waals surface area contributed by atoms with Crippen LogP contribution in [0.4, 0.5) is 5.69 Å². The Morgan fingerprint density at radius 2 is 1.29 bits per heavy atom.